The van der Waals surface area contributed by atoms with Gasteiger partial charge in [0.15, 0.2) is 5.82 Å². The van der Waals surface area contributed by atoms with Gasteiger partial charge in [-0.3, -0.25) is 0 Å². The van der Waals surface area contributed by atoms with E-state index < -0.39 is 34.5 Å². The topological polar surface area (TPSA) is 114 Å². The molecule has 0 atom stereocenters. The molecule has 0 saturated heterocycles. The number of rotatable bonds is 5. The second-order valence-corrected chi connectivity index (χ2v) is 9.13. The lowest BCUT2D eigenvalue weighted by molar-refractivity contribution is -0.137. The van der Waals surface area contributed by atoms with Gasteiger partial charge in [-0.05, 0) is 17.7 Å². The summed E-state index contributed by atoms with van der Waals surface area (Å²) >= 11 is 0.685. The van der Waals surface area contributed by atoms with Crippen molar-refractivity contribution >= 4 is 43.1 Å². The number of benzene rings is 2. The van der Waals surface area contributed by atoms with Gasteiger partial charge in [0.2, 0.25) is 5.89 Å². The first kappa shape index (κ1) is 25.2. The number of nitrogens with zero attached hydrogens (tertiary/aromatic N) is 5. The fourth-order valence-electron chi connectivity index (χ4n) is 4.18. The maximum Gasteiger partial charge on any atom is 0.417 e. The third-order valence-electron chi connectivity index (χ3n) is 5.80. The summed E-state index contributed by atoms with van der Waals surface area (Å²) in [6, 6.07) is 4.07. The molecule has 8 nitrogen and oxygen atoms in total. The van der Waals surface area contributed by atoms with E-state index in [4.69, 9.17) is 14.9 Å². The number of oxazole rings is 1. The van der Waals surface area contributed by atoms with Crippen LogP contribution < -0.4 is 15.4 Å². The molecule has 5 aromatic rings. The van der Waals surface area contributed by atoms with E-state index in [2.05, 4.69) is 15.0 Å². The Balaban J connectivity index is 1.88. The summed E-state index contributed by atoms with van der Waals surface area (Å²) in [5.74, 6) is -2.01. The Bertz CT molecular complexity index is 1740. The van der Waals surface area contributed by atoms with Gasteiger partial charge in [0.05, 0.1) is 35.7 Å². The average molecular weight is 546 g/mol. The van der Waals surface area contributed by atoms with Crippen molar-refractivity contribution in [3.8, 4) is 23.2 Å². The van der Waals surface area contributed by atoms with Crippen molar-refractivity contribution in [2.45, 2.75) is 12.7 Å². The Hall–Kier alpha value is -4.51. The Kier molecular flexibility index (Phi) is 6.03. The molecule has 14 heteroatoms. The second kappa shape index (κ2) is 9.10. The number of thiophene rings is 1. The first-order valence-corrected chi connectivity index (χ1v) is 11.5. The SMILES string of the molecule is COc1nc(N(C)Cc2ncco2)c2cc(C(F)(F)F)c(-c3ccc(F)c4sc(N)c(C#N)c34)c(F)c2n1. The molecule has 3 heterocycles. The zero-order valence-corrected chi connectivity index (χ0v) is 20.3. The van der Waals surface area contributed by atoms with E-state index >= 15 is 4.39 Å². The molecule has 0 radical (unpaired) electrons. The van der Waals surface area contributed by atoms with Crippen LogP contribution in [0.1, 0.15) is 17.0 Å². The highest BCUT2D eigenvalue weighted by atomic mass is 32.1. The summed E-state index contributed by atoms with van der Waals surface area (Å²) in [6.07, 6.45) is -2.34. The highest BCUT2D eigenvalue weighted by Gasteiger charge is 2.38. The van der Waals surface area contributed by atoms with E-state index in [-0.39, 0.29) is 55.9 Å². The number of nitrogens with two attached hydrogens (primary N) is 1. The maximum atomic E-state index is 16.3. The van der Waals surface area contributed by atoms with Gasteiger partial charge >= 0.3 is 12.2 Å². The predicted molar refractivity (Wildman–Crippen MR) is 130 cm³/mol. The van der Waals surface area contributed by atoms with Crippen molar-refractivity contribution in [3.63, 3.8) is 0 Å². The van der Waals surface area contributed by atoms with Gasteiger partial charge in [-0.1, -0.05) is 6.07 Å². The van der Waals surface area contributed by atoms with E-state index in [0.29, 0.717) is 17.4 Å². The monoisotopic (exact) mass is 546 g/mol. The largest absolute Gasteiger partial charge is 0.467 e. The van der Waals surface area contributed by atoms with Gasteiger partial charge in [0.25, 0.3) is 0 Å². The summed E-state index contributed by atoms with van der Waals surface area (Å²) < 4.78 is 84.3. The summed E-state index contributed by atoms with van der Waals surface area (Å²) in [4.78, 5) is 13.5. The van der Waals surface area contributed by atoms with Gasteiger partial charge in [-0.2, -0.15) is 28.4 Å². The lowest BCUT2D eigenvalue weighted by Crippen LogP contribution is -2.20. The first-order valence-electron chi connectivity index (χ1n) is 10.7. The molecule has 0 aliphatic heterocycles. The molecule has 0 aliphatic carbocycles. The van der Waals surface area contributed by atoms with Crippen LogP contribution in [-0.2, 0) is 12.7 Å². The van der Waals surface area contributed by atoms with Crippen molar-refractivity contribution in [2.75, 3.05) is 24.8 Å². The van der Waals surface area contributed by atoms with Gasteiger partial charge in [0.1, 0.15) is 34.5 Å². The number of anilines is 2. The number of methoxy groups -OCH3 is 1. The standard InChI is InChI=1S/C24H15F5N6O2S/c1-35(9-15-32-5-6-37-15)22-11-7-13(24(27,28)29)17(18(26)19(11)33-23(34-22)36-2)10-3-4-14(25)20-16(10)12(8-30)21(31)38-20/h3-7H,9,31H2,1-2H3. The maximum absolute atomic E-state index is 16.3. The number of hydrogen-bond acceptors (Lipinski definition) is 9. The lowest BCUT2D eigenvalue weighted by atomic mass is 9.92. The zero-order chi connectivity index (χ0) is 27.4. The van der Waals surface area contributed by atoms with E-state index in [1.807, 2.05) is 0 Å². The molecule has 38 heavy (non-hydrogen) atoms. The second-order valence-electron chi connectivity index (χ2n) is 8.08. The molecule has 0 saturated carbocycles. The molecule has 2 aromatic carbocycles. The Labute approximate surface area is 214 Å². The van der Waals surface area contributed by atoms with E-state index in [9.17, 15) is 22.8 Å². The molecule has 5 rings (SSSR count). The predicted octanol–water partition coefficient (Wildman–Crippen LogP) is 5.90. The van der Waals surface area contributed by atoms with E-state index in [1.54, 1.807) is 6.07 Å². The minimum atomic E-state index is -5.06. The van der Waals surface area contributed by atoms with Crippen molar-refractivity contribution in [3.05, 3.63) is 59.3 Å². The van der Waals surface area contributed by atoms with Crippen LogP contribution in [0.2, 0.25) is 0 Å². The minimum absolute atomic E-state index is 0.00865. The molecular formula is C24H15F5N6O2S. The molecular weight excluding hydrogens is 531 g/mol. The van der Waals surface area contributed by atoms with Crippen LogP contribution in [0.15, 0.2) is 35.1 Å². The van der Waals surface area contributed by atoms with Crippen molar-refractivity contribution < 1.29 is 31.1 Å². The number of alkyl halides is 3. The summed E-state index contributed by atoms with van der Waals surface area (Å²) in [6.45, 7) is -0.00865. The Morgan fingerprint density at radius 3 is 2.63 bits per heavy atom. The molecule has 0 bridgehead atoms. The summed E-state index contributed by atoms with van der Waals surface area (Å²) in [5.41, 5.74) is 2.47. The van der Waals surface area contributed by atoms with Gasteiger partial charge in [-0.25, -0.2) is 13.8 Å². The fraction of sp³-hybridized carbons (Fsp3) is 0.167. The average Bonchev–Trinajstić information content (AvgIpc) is 3.51. The van der Waals surface area contributed by atoms with Crippen molar-refractivity contribution in [2.24, 2.45) is 0 Å². The molecule has 0 spiro atoms. The third kappa shape index (κ3) is 4.01. The Morgan fingerprint density at radius 1 is 1.24 bits per heavy atom. The highest BCUT2D eigenvalue weighted by molar-refractivity contribution is 7.23. The Morgan fingerprint density at radius 2 is 2.00 bits per heavy atom. The smallest absolute Gasteiger partial charge is 0.417 e. The van der Waals surface area contributed by atoms with Crippen LogP contribution in [-0.4, -0.2) is 29.1 Å². The number of nitriles is 1. The van der Waals surface area contributed by atoms with Crippen LogP contribution in [0.3, 0.4) is 0 Å². The third-order valence-corrected chi connectivity index (χ3v) is 6.82. The number of nitrogen functional groups attached to an aromatic ring is 1. The molecule has 0 fully saturated rings. The number of aromatic nitrogens is 3. The first-order chi connectivity index (χ1) is 18.0. The molecule has 194 valence electrons. The highest BCUT2D eigenvalue weighted by Crippen LogP contribution is 2.47. The molecule has 0 aliphatic rings. The van der Waals surface area contributed by atoms with Gasteiger partial charge in [0, 0.05) is 23.4 Å². The molecule has 0 unspecified atom stereocenters. The van der Waals surface area contributed by atoms with E-state index in [0.717, 1.165) is 12.1 Å². The number of fused-ring (bicyclic) bond motifs is 2. The van der Waals surface area contributed by atoms with Crippen molar-refractivity contribution in [1.82, 2.24) is 15.0 Å². The quantitative estimate of drug-likeness (QED) is 0.271. The van der Waals surface area contributed by atoms with Crippen LogP contribution >= 0.6 is 11.3 Å². The zero-order valence-electron chi connectivity index (χ0n) is 19.5. The van der Waals surface area contributed by atoms with Crippen LogP contribution in [0.25, 0.3) is 32.1 Å². The molecule has 3 aromatic heterocycles. The van der Waals surface area contributed by atoms with Crippen LogP contribution in [0.4, 0.5) is 32.8 Å². The lowest BCUT2D eigenvalue weighted by Gasteiger charge is -2.22. The van der Waals surface area contributed by atoms with E-state index in [1.165, 1.54) is 31.5 Å². The number of ether oxygens (including phenoxy) is 1. The van der Waals surface area contributed by atoms with Gasteiger partial charge < -0.3 is 19.8 Å². The fourth-order valence-corrected chi connectivity index (χ4v) is 5.13. The van der Waals surface area contributed by atoms with Gasteiger partial charge in [-0.15, -0.1) is 11.3 Å². The van der Waals surface area contributed by atoms with Crippen molar-refractivity contribution in [1.29, 1.82) is 5.26 Å². The van der Waals surface area contributed by atoms with Crippen LogP contribution in [0, 0.1) is 23.0 Å². The van der Waals surface area contributed by atoms with Crippen LogP contribution in [0.5, 0.6) is 6.01 Å². The molecule has 2 N–H and O–H groups in total. The summed E-state index contributed by atoms with van der Waals surface area (Å²) in [7, 11) is 2.72. The minimum Gasteiger partial charge on any atom is -0.467 e. The molecule has 0 amide bonds. The number of halogens is 5. The normalized spacial score (nSPS) is 11.7. The summed E-state index contributed by atoms with van der Waals surface area (Å²) in [5, 5.41) is 9.00. The number of hydrogen-bond donors (Lipinski definition) is 1.